The standard InChI is InChI=1S/C15H16N6O/c1-2-13(22)21-7-10(6-16)5-11(8-21)20-15-12-3-4-17-14(12)18-9-19-15/h2-4,9-11H,1,5,7-8H2,(H2,17,18,19,20)/t10-,11+/m0/s1. The lowest BCUT2D eigenvalue weighted by atomic mass is 9.95. The zero-order chi connectivity index (χ0) is 15.5. The summed E-state index contributed by atoms with van der Waals surface area (Å²) >= 11 is 0. The molecule has 7 heteroatoms. The molecule has 0 spiro atoms. The van der Waals surface area contributed by atoms with E-state index in [4.69, 9.17) is 0 Å². The number of nitrogens with one attached hydrogen (secondary N) is 2. The number of rotatable bonds is 3. The van der Waals surface area contributed by atoms with Crippen molar-refractivity contribution < 1.29 is 4.79 Å². The van der Waals surface area contributed by atoms with Crippen molar-refractivity contribution in [3.05, 3.63) is 31.2 Å². The first-order chi connectivity index (χ1) is 10.7. The van der Waals surface area contributed by atoms with Gasteiger partial charge in [-0.05, 0) is 18.6 Å². The highest BCUT2D eigenvalue weighted by Crippen LogP contribution is 2.23. The Morgan fingerprint density at radius 1 is 1.55 bits per heavy atom. The van der Waals surface area contributed by atoms with E-state index in [1.807, 2.05) is 6.07 Å². The number of amides is 1. The minimum atomic E-state index is -0.196. The SMILES string of the molecule is C=CC(=O)N1C[C@H](C#N)C[C@@H](Nc2ncnc3[nH]ccc23)C1. The Bertz CT molecular complexity index is 746. The number of carbonyl (C=O) groups excluding carboxylic acids is 1. The second-order valence-corrected chi connectivity index (χ2v) is 5.31. The number of aromatic amines is 1. The number of nitriles is 1. The van der Waals surface area contributed by atoms with Gasteiger partial charge >= 0.3 is 0 Å². The molecule has 1 aliphatic rings. The Kier molecular flexibility index (Phi) is 3.74. The Balaban J connectivity index is 1.81. The van der Waals surface area contributed by atoms with Crippen LogP contribution in [-0.2, 0) is 4.79 Å². The molecule has 3 rings (SSSR count). The molecular weight excluding hydrogens is 280 g/mol. The van der Waals surface area contributed by atoms with Gasteiger partial charge in [-0.25, -0.2) is 9.97 Å². The molecule has 2 aromatic heterocycles. The van der Waals surface area contributed by atoms with E-state index in [0.717, 1.165) is 11.0 Å². The molecule has 1 aliphatic heterocycles. The summed E-state index contributed by atoms with van der Waals surface area (Å²) in [6.07, 6.45) is 5.24. The molecule has 1 amide bonds. The van der Waals surface area contributed by atoms with Crippen LogP contribution in [0.25, 0.3) is 11.0 Å². The quantitative estimate of drug-likeness (QED) is 0.832. The van der Waals surface area contributed by atoms with Gasteiger partial charge in [0.05, 0.1) is 17.4 Å². The molecular formula is C15H16N6O. The van der Waals surface area contributed by atoms with Crippen LogP contribution in [0.3, 0.4) is 0 Å². The lowest BCUT2D eigenvalue weighted by molar-refractivity contribution is -0.127. The average Bonchev–Trinajstić information content (AvgIpc) is 3.03. The molecule has 0 unspecified atom stereocenters. The molecule has 0 bridgehead atoms. The van der Waals surface area contributed by atoms with Crippen molar-refractivity contribution in [1.82, 2.24) is 19.9 Å². The molecule has 2 atom stereocenters. The Morgan fingerprint density at radius 3 is 3.18 bits per heavy atom. The zero-order valence-electron chi connectivity index (χ0n) is 12.0. The summed E-state index contributed by atoms with van der Waals surface area (Å²) in [7, 11) is 0. The lowest BCUT2D eigenvalue weighted by Gasteiger charge is -2.35. The number of anilines is 1. The van der Waals surface area contributed by atoms with Crippen LogP contribution in [0.1, 0.15) is 6.42 Å². The fourth-order valence-corrected chi connectivity index (χ4v) is 2.79. The first-order valence-electron chi connectivity index (χ1n) is 7.07. The number of aromatic nitrogens is 3. The van der Waals surface area contributed by atoms with Crippen molar-refractivity contribution in [2.75, 3.05) is 18.4 Å². The summed E-state index contributed by atoms with van der Waals surface area (Å²) in [6.45, 7) is 4.48. The molecule has 2 N–H and O–H groups in total. The van der Waals surface area contributed by atoms with E-state index in [9.17, 15) is 10.1 Å². The smallest absolute Gasteiger partial charge is 0.246 e. The number of likely N-dealkylation sites (tertiary alicyclic amines) is 1. The fourth-order valence-electron chi connectivity index (χ4n) is 2.79. The monoisotopic (exact) mass is 296 g/mol. The molecule has 0 aliphatic carbocycles. The van der Waals surface area contributed by atoms with E-state index in [0.29, 0.717) is 25.3 Å². The predicted molar refractivity (Wildman–Crippen MR) is 81.8 cm³/mol. The van der Waals surface area contributed by atoms with Gasteiger partial charge in [-0.2, -0.15) is 5.26 Å². The minimum Gasteiger partial charge on any atom is -0.365 e. The number of fused-ring (bicyclic) bond motifs is 1. The zero-order valence-corrected chi connectivity index (χ0v) is 12.0. The molecule has 112 valence electrons. The summed E-state index contributed by atoms with van der Waals surface area (Å²) in [6, 6.07) is 4.12. The molecule has 0 saturated carbocycles. The van der Waals surface area contributed by atoms with E-state index in [1.165, 1.54) is 12.4 Å². The summed E-state index contributed by atoms with van der Waals surface area (Å²) < 4.78 is 0. The van der Waals surface area contributed by atoms with E-state index in [1.54, 1.807) is 11.1 Å². The van der Waals surface area contributed by atoms with Gasteiger partial charge in [0.15, 0.2) is 0 Å². The van der Waals surface area contributed by atoms with Crippen LogP contribution in [0.4, 0.5) is 5.82 Å². The summed E-state index contributed by atoms with van der Waals surface area (Å²) in [4.78, 5) is 24.9. The van der Waals surface area contributed by atoms with Crippen LogP contribution in [0.15, 0.2) is 31.2 Å². The van der Waals surface area contributed by atoms with Crippen molar-refractivity contribution in [3.8, 4) is 6.07 Å². The number of piperidine rings is 1. The van der Waals surface area contributed by atoms with Gasteiger partial charge < -0.3 is 15.2 Å². The molecule has 1 fully saturated rings. The first kappa shape index (κ1) is 14.1. The van der Waals surface area contributed by atoms with Gasteiger partial charge in [0, 0.05) is 25.3 Å². The van der Waals surface area contributed by atoms with Crippen molar-refractivity contribution in [2.24, 2.45) is 5.92 Å². The van der Waals surface area contributed by atoms with Gasteiger partial charge in [-0.1, -0.05) is 6.58 Å². The highest BCUT2D eigenvalue weighted by atomic mass is 16.2. The summed E-state index contributed by atoms with van der Waals surface area (Å²) in [5.41, 5.74) is 0.754. The predicted octanol–water partition coefficient (Wildman–Crippen LogP) is 1.30. The van der Waals surface area contributed by atoms with Crippen molar-refractivity contribution in [1.29, 1.82) is 5.26 Å². The Labute approximate surface area is 127 Å². The third-order valence-electron chi connectivity index (χ3n) is 3.81. The van der Waals surface area contributed by atoms with E-state index >= 15 is 0 Å². The maximum absolute atomic E-state index is 11.8. The number of H-pyrrole nitrogens is 1. The Morgan fingerprint density at radius 2 is 2.41 bits per heavy atom. The van der Waals surface area contributed by atoms with Crippen molar-refractivity contribution in [2.45, 2.75) is 12.5 Å². The average molecular weight is 296 g/mol. The van der Waals surface area contributed by atoms with Crippen LogP contribution in [0.5, 0.6) is 0 Å². The van der Waals surface area contributed by atoms with Crippen LogP contribution < -0.4 is 5.32 Å². The lowest BCUT2D eigenvalue weighted by Crippen LogP contribution is -2.48. The second-order valence-electron chi connectivity index (χ2n) is 5.31. The maximum Gasteiger partial charge on any atom is 0.246 e. The van der Waals surface area contributed by atoms with Gasteiger partial charge in [0.25, 0.3) is 0 Å². The third-order valence-corrected chi connectivity index (χ3v) is 3.81. The van der Waals surface area contributed by atoms with Crippen LogP contribution in [-0.4, -0.2) is 44.9 Å². The van der Waals surface area contributed by atoms with E-state index < -0.39 is 0 Å². The van der Waals surface area contributed by atoms with Gasteiger partial charge in [0.1, 0.15) is 17.8 Å². The van der Waals surface area contributed by atoms with Crippen LogP contribution in [0.2, 0.25) is 0 Å². The van der Waals surface area contributed by atoms with E-state index in [2.05, 4.69) is 32.9 Å². The molecule has 7 nitrogen and oxygen atoms in total. The first-order valence-corrected chi connectivity index (χ1v) is 7.07. The number of nitrogens with zero attached hydrogens (tertiary/aromatic N) is 4. The second kappa shape index (κ2) is 5.85. The fraction of sp³-hybridized carbons (Fsp3) is 0.333. The van der Waals surface area contributed by atoms with Gasteiger partial charge in [0.2, 0.25) is 5.91 Å². The van der Waals surface area contributed by atoms with Gasteiger partial charge in [-0.3, -0.25) is 4.79 Å². The molecule has 22 heavy (non-hydrogen) atoms. The molecule has 1 saturated heterocycles. The minimum absolute atomic E-state index is 0.0321. The number of hydrogen-bond donors (Lipinski definition) is 2. The Hall–Kier alpha value is -2.88. The summed E-state index contributed by atoms with van der Waals surface area (Å²) in [5, 5.41) is 13.4. The van der Waals surface area contributed by atoms with Crippen molar-refractivity contribution >= 4 is 22.8 Å². The molecule has 0 aromatic carbocycles. The third kappa shape index (κ3) is 2.63. The van der Waals surface area contributed by atoms with Crippen LogP contribution >= 0.6 is 0 Å². The van der Waals surface area contributed by atoms with Crippen molar-refractivity contribution in [3.63, 3.8) is 0 Å². The molecule has 3 heterocycles. The normalized spacial score (nSPS) is 21.3. The largest absolute Gasteiger partial charge is 0.365 e. The van der Waals surface area contributed by atoms with Gasteiger partial charge in [-0.15, -0.1) is 0 Å². The highest BCUT2D eigenvalue weighted by molar-refractivity contribution is 5.88. The van der Waals surface area contributed by atoms with Crippen LogP contribution in [0, 0.1) is 17.2 Å². The topological polar surface area (TPSA) is 97.7 Å². The van der Waals surface area contributed by atoms with E-state index in [-0.39, 0.29) is 17.9 Å². The number of hydrogen-bond acceptors (Lipinski definition) is 5. The highest BCUT2D eigenvalue weighted by Gasteiger charge is 2.29. The number of carbonyl (C=O) groups is 1. The molecule has 2 aromatic rings. The summed E-state index contributed by atoms with van der Waals surface area (Å²) in [5.74, 6) is 0.362. The maximum atomic E-state index is 11.8. The molecule has 0 radical (unpaired) electrons.